The molecule has 0 bridgehead atoms. The topological polar surface area (TPSA) is 32.3 Å². The summed E-state index contributed by atoms with van der Waals surface area (Å²) in [5, 5.41) is 3.33. The van der Waals surface area contributed by atoms with Crippen LogP contribution in [0.5, 0.6) is 0 Å². The fourth-order valence-corrected chi connectivity index (χ4v) is 2.75. The van der Waals surface area contributed by atoms with Gasteiger partial charge in [0.25, 0.3) is 0 Å². The van der Waals surface area contributed by atoms with E-state index in [4.69, 9.17) is 0 Å². The van der Waals surface area contributed by atoms with E-state index in [9.17, 15) is 4.79 Å². The molecule has 0 aliphatic carbocycles. The summed E-state index contributed by atoms with van der Waals surface area (Å²) in [5.74, 6) is 0.691. The molecule has 0 aromatic heterocycles. The third-order valence-corrected chi connectivity index (χ3v) is 4.00. The molecular formula is C16H24N2O. The molecule has 104 valence electrons. The van der Waals surface area contributed by atoms with Crippen molar-refractivity contribution >= 4 is 5.91 Å². The van der Waals surface area contributed by atoms with Crippen LogP contribution >= 0.6 is 0 Å². The van der Waals surface area contributed by atoms with Crippen molar-refractivity contribution in [1.29, 1.82) is 0 Å². The van der Waals surface area contributed by atoms with E-state index >= 15 is 0 Å². The molecule has 3 nitrogen and oxygen atoms in total. The summed E-state index contributed by atoms with van der Waals surface area (Å²) in [6.07, 6.45) is 3.10. The number of likely N-dealkylation sites (N-methyl/N-ethyl adjacent to an activating group) is 1. The zero-order chi connectivity index (χ0) is 13.8. The monoisotopic (exact) mass is 260 g/mol. The minimum absolute atomic E-state index is 0.0281. The molecule has 0 spiro atoms. The first-order chi connectivity index (χ1) is 9.11. The molecule has 19 heavy (non-hydrogen) atoms. The van der Waals surface area contributed by atoms with E-state index in [1.807, 2.05) is 14.1 Å². The van der Waals surface area contributed by atoms with Crippen LogP contribution in [0.1, 0.15) is 36.8 Å². The second kappa shape index (κ2) is 6.20. The molecule has 1 fully saturated rings. The average molecular weight is 260 g/mol. The van der Waals surface area contributed by atoms with E-state index < -0.39 is 0 Å². The fourth-order valence-electron chi connectivity index (χ4n) is 2.75. The Kier molecular flexibility index (Phi) is 4.59. The lowest BCUT2D eigenvalue weighted by Gasteiger charge is -2.31. The van der Waals surface area contributed by atoms with Gasteiger partial charge in [0.2, 0.25) is 5.91 Å². The molecule has 1 N–H and O–H groups in total. The van der Waals surface area contributed by atoms with Crippen molar-refractivity contribution in [2.75, 3.05) is 20.6 Å². The molecule has 1 heterocycles. The summed E-state index contributed by atoms with van der Waals surface area (Å²) >= 11 is 0. The number of aryl methyl sites for hydroxylation is 1. The average Bonchev–Trinajstić information content (AvgIpc) is 2.46. The number of rotatable bonds is 3. The Balaban J connectivity index is 2.05. The van der Waals surface area contributed by atoms with Gasteiger partial charge in [-0.05, 0) is 42.9 Å². The van der Waals surface area contributed by atoms with Gasteiger partial charge >= 0.3 is 0 Å². The number of benzene rings is 1. The van der Waals surface area contributed by atoms with Crippen LogP contribution < -0.4 is 5.32 Å². The van der Waals surface area contributed by atoms with Gasteiger partial charge in [0.1, 0.15) is 0 Å². The number of nitrogens with one attached hydrogen (secondary N) is 1. The molecule has 1 aromatic rings. The van der Waals surface area contributed by atoms with Gasteiger partial charge in [-0.2, -0.15) is 0 Å². The maximum Gasteiger partial charge on any atom is 0.239 e. The van der Waals surface area contributed by atoms with Crippen LogP contribution in [-0.2, 0) is 11.2 Å². The molecule has 1 aliphatic heterocycles. The Labute approximate surface area is 116 Å². The number of carbonyl (C=O) groups excluding carboxylic acids is 1. The van der Waals surface area contributed by atoms with Gasteiger partial charge in [0.05, 0.1) is 6.04 Å². The Hall–Kier alpha value is -1.35. The van der Waals surface area contributed by atoms with E-state index in [-0.39, 0.29) is 11.9 Å². The molecule has 2 rings (SSSR count). The van der Waals surface area contributed by atoms with E-state index in [0.29, 0.717) is 5.92 Å². The van der Waals surface area contributed by atoms with E-state index in [1.165, 1.54) is 11.1 Å². The Bertz CT molecular complexity index is 425. The number of amides is 1. The van der Waals surface area contributed by atoms with Crippen LogP contribution in [0.4, 0.5) is 0 Å². The van der Waals surface area contributed by atoms with Crippen molar-refractivity contribution < 1.29 is 4.79 Å². The molecule has 1 aliphatic rings. The summed E-state index contributed by atoms with van der Waals surface area (Å²) in [4.78, 5) is 13.7. The van der Waals surface area contributed by atoms with Crippen LogP contribution in [0.2, 0.25) is 0 Å². The van der Waals surface area contributed by atoms with Gasteiger partial charge in [-0.25, -0.2) is 0 Å². The van der Waals surface area contributed by atoms with Crippen LogP contribution in [0.3, 0.4) is 0 Å². The minimum Gasteiger partial charge on any atom is -0.347 e. The predicted molar refractivity (Wildman–Crippen MR) is 78.3 cm³/mol. The predicted octanol–water partition coefficient (Wildman–Crippen LogP) is 2.17. The molecule has 2 unspecified atom stereocenters. The second-order valence-corrected chi connectivity index (χ2v) is 5.56. The molecular weight excluding hydrogens is 236 g/mol. The van der Waals surface area contributed by atoms with Gasteiger partial charge in [-0.1, -0.05) is 31.2 Å². The lowest BCUT2D eigenvalue weighted by atomic mass is 9.85. The van der Waals surface area contributed by atoms with Gasteiger partial charge in [0.15, 0.2) is 0 Å². The smallest absolute Gasteiger partial charge is 0.239 e. The quantitative estimate of drug-likeness (QED) is 0.903. The van der Waals surface area contributed by atoms with Crippen LogP contribution in [0.25, 0.3) is 0 Å². The molecule has 0 radical (unpaired) electrons. The van der Waals surface area contributed by atoms with Crippen molar-refractivity contribution in [3.8, 4) is 0 Å². The third-order valence-electron chi connectivity index (χ3n) is 4.00. The lowest BCUT2D eigenvalue weighted by molar-refractivity contribution is -0.131. The van der Waals surface area contributed by atoms with Crippen LogP contribution in [0, 0.1) is 0 Å². The Morgan fingerprint density at radius 2 is 2.00 bits per heavy atom. The molecule has 0 saturated carbocycles. The van der Waals surface area contributed by atoms with E-state index in [0.717, 1.165) is 25.8 Å². The van der Waals surface area contributed by atoms with Gasteiger partial charge in [0, 0.05) is 14.1 Å². The summed E-state index contributed by atoms with van der Waals surface area (Å²) in [5.41, 5.74) is 2.74. The van der Waals surface area contributed by atoms with Crippen molar-refractivity contribution in [3.63, 3.8) is 0 Å². The summed E-state index contributed by atoms with van der Waals surface area (Å²) < 4.78 is 0. The Morgan fingerprint density at radius 3 is 2.58 bits per heavy atom. The minimum atomic E-state index is -0.0281. The number of carbonyl (C=O) groups is 1. The molecule has 1 aromatic carbocycles. The highest BCUT2D eigenvalue weighted by Gasteiger charge is 2.28. The normalized spacial score (nSPS) is 23.1. The molecule has 1 amide bonds. The van der Waals surface area contributed by atoms with Crippen LogP contribution in [0.15, 0.2) is 24.3 Å². The fraction of sp³-hybridized carbons (Fsp3) is 0.562. The molecule has 2 atom stereocenters. The highest BCUT2D eigenvalue weighted by Crippen LogP contribution is 2.28. The van der Waals surface area contributed by atoms with Gasteiger partial charge in [-0.3, -0.25) is 4.79 Å². The maximum absolute atomic E-state index is 12.0. The van der Waals surface area contributed by atoms with Crippen molar-refractivity contribution in [2.45, 2.75) is 38.1 Å². The van der Waals surface area contributed by atoms with Gasteiger partial charge < -0.3 is 10.2 Å². The highest BCUT2D eigenvalue weighted by molar-refractivity contribution is 5.81. The third kappa shape index (κ3) is 3.35. The zero-order valence-electron chi connectivity index (χ0n) is 12.1. The SMILES string of the molecule is CCc1ccc(C2CCNC(C(=O)N(C)C)C2)cc1. The first-order valence-electron chi connectivity index (χ1n) is 7.15. The number of hydrogen-bond donors (Lipinski definition) is 1. The number of piperidine rings is 1. The molecule has 1 saturated heterocycles. The summed E-state index contributed by atoms with van der Waals surface area (Å²) in [7, 11) is 3.65. The van der Waals surface area contributed by atoms with Crippen molar-refractivity contribution in [3.05, 3.63) is 35.4 Å². The number of hydrogen-bond acceptors (Lipinski definition) is 2. The number of nitrogens with zero attached hydrogens (tertiary/aromatic N) is 1. The van der Waals surface area contributed by atoms with Crippen molar-refractivity contribution in [1.82, 2.24) is 10.2 Å². The zero-order valence-corrected chi connectivity index (χ0v) is 12.1. The van der Waals surface area contributed by atoms with Crippen LogP contribution in [-0.4, -0.2) is 37.5 Å². The largest absolute Gasteiger partial charge is 0.347 e. The lowest BCUT2D eigenvalue weighted by Crippen LogP contribution is -2.47. The Morgan fingerprint density at radius 1 is 1.32 bits per heavy atom. The molecule has 3 heteroatoms. The standard InChI is InChI=1S/C16H24N2O/c1-4-12-5-7-13(8-6-12)14-9-10-17-15(11-14)16(19)18(2)3/h5-8,14-15,17H,4,9-11H2,1-3H3. The highest BCUT2D eigenvalue weighted by atomic mass is 16.2. The maximum atomic E-state index is 12.0. The van der Waals surface area contributed by atoms with E-state index in [1.54, 1.807) is 4.90 Å². The second-order valence-electron chi connectivity index (χ2n) is 5.56. The van der Waals surface area contributed by atoms with Gasteiger partial charge in [-0.15, -0.1) is 0 Å². The first kappa shape index (κ1) is 14.1. The summed E-state index contributed by atoms with van der Waals surface area (Å²) in [6, 6.07) is 8.85. The van der Waals surface area contributed by atoms with E-state index in [2.05, 4.69) is 36.5 Å². The summed E-state index contributed by atoms with van der Waals surface area (Å²) in [6.45, 7) is 3.09. The van der Waals surface area contributed by atoms with Crippen molar-refractivity contribution in [2.24, 2.45) is 0 Å². The first-order valence-corrected chi connectivity index (χ1v) is 7.15.